The summed E-state index contributed by atoms with van der Waals surface area (Å²) in [5.41, 5.74) is 8.59. The minimum Gasteiger partial charge on any atom is -0.398 e. The Balaban J connectivity index is 2.24. The Hall–Kier alpha value is -1.30. The van der Waals surface area contributed by atoms with Gasteiger partial charge in [0.15, 0.2) is 0 Å². The van der Waals surface area contributed by atoms with Gasteiger partial charge >= 0.3 is 0 Å². The molecule has 0 atom stereocenters. The Morgan fingerprint density at radius 1 is 1.31 bits per heavy atom. The normalized spacial score (nSPS) is 10.1. The average molecular weight is 325 g/mol. The van der Waals surface area contributed by atoms with Crippen molar-refractivity contribution in [1.29, 1.82) is 0 Å². The smallest absolute Gasteiger partial charge is 0.132 e. The maximum Gasteiger partial charge on any atom is 0.132 e. The fourth-order valence-electron chi connectivity index (χ4n) is 1.32. The van der Waals surface area contributed by atoms with Gasteiger partial charge in [-0.25, -0.2) is 4.98 Å². The Bertz CT molecular complexity index is 511. The second-order valence-corrected chi connectivity index (χ2v) is 4.81. The highest BCUT2D eigenvalue weighted by atomic mass is 127. The van der Waals surface area contributed by atoms with Gasteiger partial charge in [0, 0.05) is 27.2 Å². The van der Waals surface area contributed by atoms with Gasteiger partial charge in [-0.1, -0.05) is 6.07 Å². The third-order valence-corrected chi connectivity index (χ3v) is 2.91. The molecule has 3 nitrogen and oxygen atoms in total. The molecule has 82 valence electrons. The van der Waals surface area contributed by atoms with Crippen molar-refractivity contribution < 1.29 is 0 Å². The first-order valence-electron chi connectivity index (χ1n) is 4.90. The van der Waals surface area contributed by atoms with Crippen LogP contribution in [0.15, 0.2) is 36.5 Å². The number of nitrogens with two attached hydrogens (primary N) is 1. The first kappa shape index (κ1) is 11.2. The SMILES string of the molecule is Cc1cnc(Nc2cccc(I)c2)cc1N. The van der Waals surface area contributed by atoms with Crippen LogP contribution in [0.4, 0.5) is 17.2 Å². The van der Waals surface area contributed by atoms with Gasteiger partial charge in [0.25, 0.3) is 0 Å². The molecule has 0 amide bonds. The van der Waals surface area contributed by atoms with E-state index in [1.807, 2.05) is 31.2 Å². The molecule has 0 aliphatic heterocycles. The summed E-state index contributed by atoms with van der Waals surface area (Å²) in [4.78, 5) is 4.27. The highest BCUT2D eigenvalue weighted by Crippen LogP contribution is 2.19. The van der Waals surface area contributed by atoms with E-state index < -0.39 is 0 Å². The summed E-state index contributed by atoms with van der Waals surface area (Å²) in [5.74, 6) is 0.769. The van der Waals surface area contributed by atoms with Crippen molar-refractivity contribution in [2.75, 3.05) is 11.1 Å². The monoisotopic (exact) mass is 325 g/mol. The van der Waals surface area contributed by atoms with Crippen LogP contribution in [0.3, 0.4) is 0 Å². The summed E-state index contributed by atoms with van der Waals surface area (Å²) in [6, 6.07) is 9.94. The molecule has 2 aromatic rings. The zero-order valence-electron chi connectivity index (χ0n) is 8.87. The van der Waals surface area contributed by atoms with Crippen LogP contribution in [0.2, 0.25) is 0 Å². The maximum atomic E-state index is 5.82. The number of aryl methyl sites for hydroxylation is 1. The van der Waals surface area contributed by atoms with Crippen LogP contribution >= 0.6 is 22.6 Å². The molecular formula is C12H12IN3. The number of hydrogen-bond acceptors (Lipinski definition) is 3. The quantitative estimate of drug-likeness (QED) is 0.833. The van der Waals surface area contributed by atoms with Crippen molar-refractivity contribution in [3.8, 4) is 0 Å². The van der Waals surface area contributed by atoms with E-state index >= 15 is 0 Å². The Kier molecular flexibility index (Phi) is 3.28. The van der Waals surface area contributed by atoms with Gasteiger partial charge in [0.2, 0.25) is 0 Å². The van der Waals surface area contributed by atoms with Gasteiger partial charge in [-0.3, -0.25) is 0 Å². The number of aromatic nitrogens is 1. The van der Waals surface area contributed by atoms with Crippen LogP contribution in [-0.2, 0) is 0 Å². The van der Waals surface area contributed by atoms with Crippen molar-refractivity contribution in [1.82, 2.24) is 4.98 Å². The molecule has 0 fully saturated rings. The molecular weight excluding hydrogens is 313 g/mol. The molecule has 0 radical (unpaired) electrons. The fraction of sp³-hybridized carbons (Fsp3) is 0.0833. The van der Waals surface area contributed by atoms with E-state index in [4.69, 9.17) is 5.73 Å². The van der Waals surface area contributed by atoms with Crippen LogP contribution in [0.5, 0.6) is 0 Å². The summed E-state index contributed by atoms with van der Waals surface area (Å²) >= 11 is 2.28. The zero-order valence-corrected chi connectivity index (χ0v) is 11.0. The van der Waals surface area contributed by atoms with E-state index in [2.05, 4.69) is 39.0 Å². The van der Waals surface area contributed by atoms with Gasteiger partial charge in [0.05, 0.1) is 0 Å². The second kappa shape index (κ2) is 4.69. The average Bonchev–Trinajstić information content (AvgIpc) is 2.24. The van der Waals surface area contributed by atoms with Crippen LogP contribution in [0.1, 0.15) is 5.56 Å². The largest absolute Gasteiger partial charge is 0.398 e. The van der Waals surface area contributed by atoms with E-state index in [9.17, 15) is 0 Å². The van der Waals surface area contributed by atoms with Gasteiger partial charge in [-0.15, -0.1) is 0 Å². The zero-order chi connectivity index (χ0) is 11.5. The molecule has 0 aliphatic rings. The number of benzene rings is 1. The Morgan fingerprint density at radius 2 is 2.12 bits per heavy atom. The lowest BCUT2D eigenvalue weighted by Crippen LogP contribution is -1.97. The highest BCUT2D eigenvalue weighted by molar-refractivity contribution is 14.1. The van der Waals surface area contributed by atoms with E-state index in [0.717, 1.165) is 22.8 Å². The van der Waals surface area contributed by atoms with Crippen LogP contribution in [-0.4, -0.2) is 4.98 Å². The Morgan fingerprint density at radius 3 is 2.81 bits per heavy atom. The molecule has 1 heterocycles. The summed E-state index contributed by atoms with van der Waals surface area (Å²) in [6.45, 7) is 1.94. The van der Waals surface area contributed by atoms with Crippen LogP contribution in [0, 0.1) is 10.5 Å². The summed E-state index contributed by atoms with van der Waals surface area (Å²) < 4.78 is 1.18. The Labute approximate surface area is 108 Å². The minimum absolute atomic E-state index is 0.753. The fourth-order valence-corrected chi connectivity index (χ4v) is 1.86. The molecule has 0 bridgehead atoms. The number of rotatable bonds is 2. The number of nitrogens with zero attached hydrogens (tertiary/aromatic N) is 1. The van der Waals surface area contributed by atoms with Gasteiger partial charge in [-0.05, 0) is 53.3 Å². The van der Waals surface area contributed by atoms with Gasteiger partial charge in [-0.2, -0.15) is 0 Å². The number of halogens is 1. The number of hydrogen-bond donors (Lipinski definition) is 2. The van der Waals surface area contributed by atoms with Gasteiger partial charge < -0.3 is 11.1 Å². The van der Waals surface area contributed by atoms with Crippen molar-refractivity contribution in [3.05, 3.63) is 45.7 Å². The van der Waals surface area contributed by atoms with E-state index in [1.54, 1.807) is 6.20 Å². The maximum absolute atomic E-state index is 5.82. The molecule has 16 heavy (non-hydrogen) atoms. The molecule has 1 aromatic carbocycles. The molecule has 0 aliphatic carbocycles. The number of nitrogens with one attached hydrogen (secondary N) is 1. The predicted molar refractivity (Wildman–Crippen MR) is 75.8 cm³/mol. The number of pyridine rings is 1. The van der Waals surface area contributed by atoms with Crippen molar-refractivity contribution in [2.24, 2.45) is 0 Å². The third kappa shape index (κ3) is 2.63. The molecule has 3 N–H and O–H groups in total. The highest BCUT2D eigenvalue weighted by Gasteiger charge is 1.99. The molecule has 0 saturated carbocycles. The van der Waals surface area contributed by atoms with Crippen molar-refractivity contribution in [2.45, 2.75) is 6.92 Å². The number of anilines is 3. The van der Waals surface area contributed by atoms with Gasteiger partial charge in [0.1, 0.15) is 5.82 Å². The van der Waals surface area contributed by atoms with Crippen LogP contribution < -0.4 is 11.1 Å². The topological polar surface area (TPSA) is 50.9 Å². The number of nitrogen functional groups attached to an aromatic ring is 1. The third-order valence-electron chi connectivity index (χ3n) is 2.24. The summed E-state index contributed by atoms with van der Waals surface area (Å²) in [6.07, 6.45) is 1.77. The lowest BCUT2D eigenvalue weighted by atomic mass is 10.2. The summed E-state index contributed by atoms with van der Waals surface area (Å²) in [7, 11) is 0. The molecule has 2 rings (SSSR count). The van der Waals surface area contributed by atoms with Crippen molar-refractivity contribution >= 4 is 39.8 Å². The van der Waals surface area contributed by atoms with E-state index in [1.165, 1.54) is 3.57 Å². The first-order chi connectivity index (χ1) is 7.65. The minimum atomic E-state index is 0.753. The summed E-state index contributed by atoms with van der Waals surface area (Å²) in [5, 5.41) is 3.22. The standard InChI is InChI=1S/C12H12IN3/c1-8-7-15-12(6-11(8)14)16-10-4-2-3-9(13)5-10/h2-7H,1H3,(H3,14,15,16). The van der Waals surface area contributed by atoms with Crippen molar-refractivity contribution in [3.63, 3.8) is 0 Å². The van der Waals surface area contributed by atoms with E-state index in [0.29, 0.717) is 0 Å². The van der Waals surface area contributed by atoms with E-state index in [-0.39, 0.29) is 0 Å². The molecule has 4 heteroatoms. The first-order valence-corrected chi connectivity index (χ1v) is 5.98. The lowest BCUT2D eigenvalue weighted by Gasteiger charge is -2.07. The van der Waals surface area contributed by atoms with Crippen LogP contribution in [0.25, 0.3) is 0 Å². The second-order valence-electron chi connectivity index (χ2n) is 3.56. The molecule has 0 spiro atoms. The molecule has 0 unspecified atom stereocenters. The predicted octanol–water partition coefficient (Wildman–Crippen LogP) is 3.32. The lowest BCUT2D eigenvalue weighted by molar-refractivity contribution is 1.26. The molecule has 0 saturated heterocycles. The molecule has 1 aromatic heterocycles.